The average Bonchev–Trinajstić information content (AvgIpc) is 2.70. The fraction of sp³-hybridized carbons (Fsp3) is 0.273. The molecule has 3 rings (SSSR count). The lowest BCUT2D eigenvalue weighted by molar-refractivity contribution is -0.155. The molecule has 2 aromatic carbocycles. The van der Waals surface area contributed by atoms with E-state index in [0.717, 1.165) is 16.9 Å². The first-order chi connectivity index (χ1) is 13.1. The molecule has 1 aliphatic heterocycles. The Morgan fingerprint density at radius 3 is 2.44 bits per heavy atom. The molecule has 140 valence electrons. The highest BCUT2D eigenvalue weighted by atomic mass is 16.5. The number of rotatable bonds is 6. The van der Waals surface area contributed by atoms with Gasteiger partial charge < -0.3 is 14.5 Å². The van der Waals surface area contributed by atoms with Crippen LogP contribution in [0.5, 0.6) is 5.75 Å². The Morgan fingerprint density at radius 2 is 1.78 bits per heavy atom. The summed E-state index contributed by atoms with van der Waals surface area (Å²) in [5.41, 5.74) is 2.05. The van der Waals surface area contributed by atoms with Crippen molar-refractivity contribution in [2.75, 3.05) is 20.2 Å². The van der Waals surface area contributed by atoms with E-state index in [9.17, 15) is 9.59 Å². The Bertz CT molecular complexity index is 815. The van der Waals surface area contributed by atoms with Gasteiger partial charge in [0.15, 0.2) is 0 Å². The summed E-state index contributed by atoms with van der Waals surface area (Å²) in [5.74, 6) is 0.705. The molecule has 0 spiro atoms. The van der Waals surface area contributed by atoms with Gasteiger partial charge in [-0.1, -0.05) is 54.6 Å². The van der Waals surface area contributed by atoms with Crippen molar-refractivity contribution in [2.24, 2.45) is 0 Å². The van der Waals surface area contributed by atoms with Crippen LogP contribution < -0.4 is 4.74 Å². The Hall–Kier alpha value is -3.08. The number of hydrogen-bond acceptors (Lipinski definition) is 3. The number of benzene rings is 2. The highest BCUT2D eigenvalue weighted by molar-refractivity contribution is 5.94. The van der Waals surface area contributed by atoms with Gasteiger partial charge in [-0.3, -0.25) is 9.59 Å². The molecule has 1 atom stereocenters. The van der Waals surface area contributed by atoms with Gasteiger partial charge in [0.2, 0.25) is 11.8 Å². The molecule has 0 N–H and O–H groups in total. The third kappa shape index (κ3) is 4.56. The molecule has 1 fully saturated rings. The number of ether oxygens (including phenoxy) is 1. The molecular weight excluding hydrogens is 340 g/mol. The monoisotopic (exact) mass is 364 g/mol. The Labute approximate surface area is 159 Å². The molecule has 1 aliphatic rings. The number of piperazine rings is 1. The van der Waals surface area contributed by atoms with Crippen LogP contribution in [0.1, 0.15) is 18.1 Å². The maximum atomic E-state index is 12.7. The second kappa shape index (κ2) is 8.54. The topological polar surface area (TPSA) is 49.9 Å². The van der Waals surface area contributed by atoms with Crippen LogP contribution in [0, 0.1) is 0 Å². The lowest BCUT2D eigenvalue weighted by atomic mass is 10.1. The van der Waals surface area contributed by atoms with Crippen LogP contribution in [0.4, 0.5) is 0 Å². The summed E-state index contributed by atoms with van der Waals surface area (Å²) >= 11 is 0. The van der Waals surface area contributed by atoms with Crippen LogP contribution in [0.25, 0.3) is 6.08 Å². The van der Waals surface area contributed by atoms with Crippen molar-refractivity contribution >= 4 is 17.9 Å². The van der Waals surface area contributed by atoms with Gasteiger partial charge in [-0.25, -0.2) is 0 Å². The van der Waals surface area contributed by atoms with Gasteiger partial charge in [0, 0.05) is 13.1 Å². The van der Waals surface area contributed by atoms with Crippen LogP contribution in [0.15, 0.2) is 60.7 Å². The molecule has 1 heterocycles. The van der Waals surface area contributed by atoms with Gasteiger partial charge in [-0.2, -0.15) is 0 Å². The molecule has 2 aromatic rings. The molecule has 0 aromatic heterocycles. The number of amides is 2. The average molecular weight is 364 g/mol. The lowest BCUT2D eigenvalue weighted by Crippen LogP contribution is -2.58. The van der Waals surface area contributed by atoms with E-state index in [1.165, 1.54) is 0 Å². The maximum absolute atomic E-state index is 12.7. The minimum atomic E-state index is -0.468. The Kier molecular flexibility index (Phi) is 5.91. The number of methoxy groups -OCH3 is 1. The second-order valence-corrected chi connectivity index (χ2v) is 6.58. The third-order valence-electron chi connectivity index (χ3n) is 4.73. The van der Waals surface area contributed by atoms with Gasteiger partial charge in [-0.05, 0) is 30.2 Å². The van der Waals surface area contributed by atoms with E-state index in [2.05, 4.69) is 0 Å². The van der Waals surface area contributed by atoms with E-state index in [4.69, 9.17) is 4.74 Å². The molecule has 5 nitrogen and oxygen atoms in total. The van der Waals surface area contributed by atoms with Crippen LogP contribution >= 0.6 is 0 Å². The quantitative estimate of drug-likeness (QED) is 0.792. The first kappa shape index (κ1) is 18.7. The molecule has 27 heavy (non-hydrogen) atoms. The van der Waals surface area contributed by atoms with Crippen molar-refractivity contribution in [2.45, 2.75) is 19.5 Å². The lowest BCUT2D eigenvalue weighted by Gasteiger charge is -2.38. The smallest absolute Gasteiger partial charge is 0.245 e. The van der Waals surface area contributed by atoms with Gasteiger partial charge in [0.05, 0.1) is 7.11 Å². The maximum Gasteiger partial charge on any atom is 0.245 e. The standard InChI is InChI=1S/C22H24N2O3/c1-17-22(26)23(15-19-10-12-20(27-2)13-11-19)16-21(25)24(17)14-6-9-18-7-4-3-5-8-18/h3-13,17H,14-16H2,1-2H3/t17-/m0/s1. The first-order valence-corrected chi connectivity index (χ1v) is 9.01. The zero-order valence-electron chi connectivity index (χ0n) is 15.7. The summed E-state index contributed by atoms with van der Waals surface area (Å²) in [4.78, 5) is 28.5. The van der Waals surface area contributed by atoms with Crippen LogP contribution in [0.3, 0.4) is 0 Å². The highest BCUT2D eigenvalue weighted by Gasteiger charge is 2.35. The Balaban J connectivity index is 1.62. The summed E-state index contributed by atoms with van der Waals surface area (Å²) in [6, 6.07) is 17.0. The van der Waals surface area contributed by atoms with Gasteiger partial charge in [0.1, 0.15) is 18.3 Å². The number of carbonyl (C=O) groups excluding carboxylic acids is 2. The van der Waals surface area contributed by atoms with Gasteiger partial charge >= 0.3 is 0 Å². The predicted molar refractivity (Wildman–Crippen MR) is 105 cm³/mol. The van der Waals surface area contributed by atoms with E-state index in [0.29, 0.717) is 13.1 Å². The minimum Gasteiger partial charge on any atom is -0.497 e. The van der Waals surface area contributed by atoms with E-state index in [1.807, 2.05) is 66.7 Å². The van der Waals surface area contributed by atoms with Crippen molar-refractivity contribution in [1.82, 2.24) is 9.80 Å². The van der Waals surface area contributed by atoms with Crippen LogP contribution in [0.2, 0.25) is 0 Å². The van der Waals surface area contributed by atoms with E-state index >= 15 is 0 Å². The second-order valence-electron chi connectivity index (χ2n) is 6.58. The van der Waals surface area contributed by atoms with Crippen LogP contribution in [-0.4, -0.2) is 47.9 Å². The van der Waals surface area contributed by atoms with Crippen molar-refractivity contribution in [3.63, 3.8) is 0 Å². The zero-order valence-corrected chi connectivity index (χ0v) is 15.7. The molecular formula is C22H24N2O3. The number of carbonyl (C=O) groups is 2. The Morgan fingerprint density at radius 1 is 1.07 bits per heavy atom. The molecule has 0 aliphatic carbocycles. The fourth-order valence-electron chi connectivity index (χ4n) is 3.16. The SMILES string of the molecule is COc1ccc(CN2CC(=O)N(CC=Cc3ccccc3)[C@@H](C)C2=O)cc1. The number of hydrogen-bond donors (Lipinski definition) is 0. The molecule has 0 unspecified atom stereocenters. The molecule has 0 saturated carbocycles. The predicted octanol–water partition coefficient (Wildman–Crippen LogP) is 2.97. The summed E-state index contributed by atoms with van der Waals surface area (Å²) in [5, 5.41) is 0. The van der Waals surface area contributed by atoms with Crippen molar-refractivity contribution in [1.29, 1.82) is 0 Å². The van der Waals surface area contributed by atoms with Crippen molar-refractivity contribution < 1.29 is 14.3 Å². The summed E-state index contributed by atoms with van der Waals surface area (Å²) < 4.78 is 5.15. The van der Waals surface area contributed by atoms with Gasteiger partial charge in [0.25, 0.3) is 0 Å². The van der Waals surface area contributed by atoms with E-state index in [1.54, 1.807) is 23.8 Å². The summed E-state index contributed by atoms with van der Waals surface area (Å²) in [6.07, 6.45) is 3.89. The molecule has 0 radical (unpaired) electrons. The first-order valence-electron chi connectivity index (χ1n) is 9.01. The van der Waals surface area contributed by atoms with E-state index < -0.39 is 6.04 Å². The summed E-state index contributed by atoms with van der Waals surface area (Å²) in [7, 11) is 1.62. The van der Waals surface area contributed by atoms with Gasteiger partial charge in [-0.15, -0.1) is 0 Å². The van der Waals surface area contributed by atoms with Crippen LogP contribution in [-0.2, 0) is 16.1 Å². The number of nitrogens with zero attached hydrogens (tertiary/aromatic N) is 2. The fourth-order valence-corrected chi connectivity index (χ4v) is 3.16. The highest BCUT2D eigenvalue weighted by Crippen LogP contribution is 2.18. The zero-order chi connectivity index (χ0) is 19.2. The largest absolute Gasteiger partial charge is 0.497 e. The molecule has 1 saturated heterocycles. The summed E-state index contributed by atoms with van der Waals surface area (Å²) in [6.45, 7) is 2.74. The molecule has 0 bridgehead atoms. The third-order valence-corrected chi connectivity index (χ3v) is 4.73. The molecule has 2 amide bonds. The van der Waals surface area contributed by atoms with E-state index in [-0.39, 0.29) is 18.4 Å². The molecule has 5 heteroatoms. The van der Waals surface area contributed by atoms with Crippen molar-refractivity contribution in [3.05, 3.63) is 71.8 Å². The van der Waals surface area contributed by atoms with Crippen molar-refractivity contribution in [3.8, 4) is 5.75 Å². The normalized spacial score (nSPS) is 17.6. The minimum absolute atomic E-state index is 0.0291.